The van der Waals surface area contributed by atoms with Crippen LogP contribution in [0, 0.1) is 0 Å². The van der Waals surface area contributed by atoms with Gasteiger partial charge in [-0.1, -0.05) is 170 Å². The average molecular weight is 686 g/mol. The van der Waals surface area contributed by atoms with Crippen LogP contribution in [-0.4, -0.2) is 15.0 Å². The van der Waals surface area contributed by atoms with E-state index in [2.05, 4.69) is 188 Å². The molecular formula is C51H31N3. The number of hydrogen-bond donors (Lipinski definition) is 0. The van der Waals surface area contributed by atoms with E-state index in [1.807, 2.05) is 0 Å². The minimum Gasteiger partial charge on any atom is -0.208 e. The molecule has 0 atom stereocenters. The lowest BCUT2D eigenvalue weighted by molar-refractivity contribution is 1.08. The largest absolute Gasteiger partial charge is 0.208 e. The van der Waals surface area contributed by atoms with Gasteiger partial charge in [-0.2, -0.15) is 0 Å². The molecule has 54 heavy (non-hydrogen) atoms. The molecule has 0 radical (unpaired) electrons. The van der Waals surface area contributed by atoms with E-state index in [0.29, 0.717) is 17.5 Å². The highest BCUT2D eigenvalue weighted by molar-refractivity contribution is 6.22. The van der Waals surface area contributed by atoms with Crippen LogP contribution in [-0.2, 0) is 0 Å². The third-order valence-electron chi connectivity index (χ3n) is 10.9. The minimum absolute atomic E-state index is 0.647. The molecule has 0 N–H and O–H groups in total. The maximum absolute atomic E-state index is 5.22. The highest BCUT2D eigenvalue weighted by Gasteiger charge is 2.18. The topological polar surface area (TPSA) is 38.7 Å². The Morgan fingerprint density at radius 1 is 0.241 bits per heavy atom. The van der Waals surface area contributed by atoms with E-state index < -0.39 is 0 Å². The molecule has 11 aromatic rings. The SMILES string of the molecule is c1ccc2cc(-c3nc(-c4ccc5ccccc5c4)nc(-c4ccc(-c5cccc6ccc7c8ccccc8ccc7c56)c5ccccc45)n3)ccc2c1. The molecule has 10 aromatic carbocycles. The number of hydrogen-bond acceptors (Lipinski definition) is 3. The molecule has 0 fully saturated rings. The van der Waals surface area contributed by atoms with Crippen LogP contribution in [0.2, 0.25) is 0 Å². The number of benzene rings is 10. The van der Waals surface area contributed by atoms with Gasteiger partial charge in [-0.25, -0.2) is 15.0 Å². The number of nitrogens with zero attached hydrogens (tertiary/aromatic N) is 3. The standard InChI is InChI=1S/C51H31N3/c1-3-13-36-30-38(22-20-32(36)10-1)49-52-50(39-23-21-33-11-2-4-14-37(33)31-39)54-51(53-49)47-29-28-44(41-17-7-8-18-42(41)47)45-19-9-15-35-25-26-43-40-16-6-5-12-34(40)24-27-46(43)48(35)45/h1-31H. The predicted molar refractivity (Wildman–Crippen MR) is 227 cm³/mol. The van der Waals surface area contributed by atoms with Crippen LogP contribution in [0.1, 0.15) is 0 Å². The lowest BCUT2D eigenvalue weighted by Gasteiger charge is -2.16. The van der Waals surface area contributed by atoms with Gasteiger partial charge in [0.25, 0.3) is 0 Å². The zero-order valence-electron chi connectivity index (χ0n) is 29.2. The van der Waals surface area contributed by atoms with E-state index in [0.717, 1.165) is 38.2 Å². The molecule has 0 saturated carbocycles. The summed E-state index contributed by atoms with van der Waals surface area (Å²) in [5.41, 5.74) is 5.27. The van der Waals surface area contributed by atoms with Crippen LogP contribution in [0.15, 0.2) is 188 Å². The molecule has 1 aromatic heterocycles. The minimum atomic E-state index is 0.647. The van der Waals surface area contributed by atoms with Gasteiger partial charge in [0.1, 0.15) is 0 Å². The Hall–Kier alpha value is -7.23. The smallest absolute Gasteiger partial charge is 0.164 e. The summed E-state index contributed by atoms with van der Waals surface area (Å²) < 4.78 is 0. The third-order valence-corrected chi connectivity index (χ3v) is 10.9. The molecule has 0 aliphatic carbocycles. The molecule has 0 saturated heterocycles. The summed E-state index contributed by atoms with van der Waals surface area (Å²) >= 11 is 0. The summed E-state index contributed by atoms with van der Waals surface area (Å²) in [4.78, 5) is 15.6. The molecule has 0 spiro atoms. The molecule has 1 heterocycles. The Labute approximate surface area is 311 Å². The maximum atomic E-state index is 5.22. The van der Waals surface area contributed by atoms with Gasteiger partial charge >= 0.3 is 0 Å². The normalized spacial score (nSPS) is 11.7. The molecule has 0 aliphatic heterocycles. The van der Waals surface area contributed by atoms with Gasteiger partial charge < -0.3 is 0 Å². The van der Waals surface area contributed by atoms with Gasteiger partial charge in [0, 0.05) is 16.7 Å². The van der Waals surface area contributed by atoms with Crippen LogP contribution in [0.5, 0.6) is 0 Å². The highest BCUT2D eigenvalue weighted by Crippen LogP contribution is 2.42. The third kappa shape index (κ3) is 4.94. The Kier molecular flexibility index (Phi) is 6.86. The van der Waals surface area contributed by atoms with Crippen LogP contribution in [0.4, 0.5) is 0 Å². The van der Waals surface area contributed by atoms with Crippen LogP contribution in [0.3, 0.4) is 0 Å². The van der Waals surface area contributed by atoms with Crippen molar-refractivity contribution in [3.05, 3.63) is 188 Å². The molecule has 0 unspecified atom stereocenters. The first-order valence-corrected chi connectivity index (χ1v) is 18.4. The Bertz CT molecular complexity index is 3190. The second-order valence-corrected chi connectivity index (χ2v) is 14.0. The van der Waals surface area contributed by atoms with Gasteiger partial charge in [-0.15, -0.1) is 0 Å². The summed E-state index contributed by atoms with van der Waals surface area (Å²) in [6, 6.07) is 67.1. The van der Waals surface area contributed by atoms with E-state index in [-0.39, 0.29) is 0 Å². The molecular weight excluding hydrogens is 655 g/mol. The van der Waals surface area contributed by atoms with Crippen molar-refractivity contribution < 1.29 is 0 Å². The Balaban J connectivity index is 1.14. The van der Waals surface area contributed by atoms with Crippen LogP contribution < -0.4 is 0 Å². The van der Waals surface area contributed by atoms with Crippen molar-refractivity contribution >= 4 is 64.6 Å². The van der Waals surface area contributed by atoms with Crippen molar-refractivity contribution in [1.82, 2.24) is 15.0 Å². The van der Waals surface area contributed by atoms with E-state index in [1.165, 1.54) is 54.2 Å². The fraction of sp³-hybridized carbons (Fsp3) is 0. The van der Waals surface area contributed by atoms with Gasteiger partial charge in [0.15, 0.2) is 17.5 Å². The summed E-state index contributed by atoms with van der Waals surface area (Å²) in [6.07, 6.45) is 0. The lowest BCUT2D eigenvalue weighted by atomic mass is 9.89. The van der Waals surface area contributed by atoms with E-state index >= 15 is 0 Å². The summed E-state index contributed by atoms with van der Waals surface area (Å²) in [5, 5.41) is 14.4. The number of rotatable bonds is 4. The number of aromatic nitrogens is 3. The zero-order chi connectivity index (χ0) is 35.6. The van der Waals surface area contributed by atoms with Crippen molar-refractivity contribution in [3.8, 4) is 45.3 Å². The number of fused-ring (bicyclic) bond motifs is 8. The van der Waals surface area contributed by atoms with Crippen molar-refractivity contribution in [1.29, 1.82) is 0 Å². The Morgan fingerprint density at radius 3 is 1.41 bits per heavy atom. The van der Waals surface area contributed by atoms with Gasteiger partial charge in [-0.05, 0) is 94.0 Å². The zero-order valence-corrected chi connectivity index (χ0v) is 29.2. The summed E-state index contributed by atoms with van der Waals surface area (Å²) in [6.45, 7) is 0. The van der Waals surface area contributed by atoms with Crippen molar-refractivity contribution in [2.75, 3.05) is 0 Å². The van der Waals surface area contributed by atoms with Gasteiger partial charge in [-0.3, -0.25) is 0 Å². The van der Waals surface area contributed by atoms with Crippen molar-refractivity contribution in [2.45, 2.75) is 0 Å². The van der Waals surface area contributed by atoms with E-state index in [9.17, 15) is 0 Å². The van der Waals surface area contributed by atoms with Crippen molar-refractivity contribution in [2.24, 2.45) is 0 Å². The lowest BCUT2D eigenvalue weighted by Crippen LogP contribution is -2.01. The molecule has 0 aliphatic rings. The first-order valence-electron chi connectivity index (χ1n) is 18.4. The fourth-order valence-electron chi connectivity index (χ4n) is 8.24. The first kappa shape index (κ1) is 30.4. The van der Waals surface area contributed by atoms with Gasteiger partial charge in [0.2, 0.25) is 0 Å². The molecule has 3 heteroatoms. The second kappa shape index (κ2) is 12.2. The molecule has 0 amide bonds. The predicted octanol–water partition coefficient (Wildman–Crippen LogP) is 13.5. The van der Waals surface area contributed by atoms with E-state index in [4.69, 9.17) is 15.0 Å². The first-order chi connectivity index (χ1) is 26.7. The van der Waals surface area contributed by atoms with Crippen LogP contribution >= 0.6 is 0 Å². The maximum Gasteiger partial charge on any atom is 0.164 e. The summed E-state index contributed by atoms with van der Waals surface area (Å²) in [7, 11) is 0. The quantitative estimate of drug-likeness (QED) is 0.173. The second-order valence-electron chi connectivity index (χ2n) is 14.0. The molecule has 11 rings (SSSR count). The average Bonchev–Trinajstić information content (AvgIpc) is 3.25. The monoisotopic (exact) mass is 685 g/mol. The highest BCUT2D eigenvalue weighted by atomic mass is 15.0. The van der Waals surface area contributed by atoms with Gasteiger partial charge in [0.05, 0.1) is 0 Å². The van der Waals surface area contributed by atoms with E-state index in [1.54, 1.807) is 0 Å². The molecule has 3 nitrogen and oxygen atoms in total. The molecule has 0 bridgehead atoms. The molecule has 250 valence electrons. The Morgan fingerprint density at radius 2 is 0.722 bits per heavy atom. The fourth-order valence-corrected chi connectivity index (χ4v) is 8.24. The van der Waals surface area contributed by atoms with Crippen molar-refractivity contribution in [3.63, 3.8) is 0 Å². The summed E-state index contributed by atoms with van der Waals surface area (Å²) in [5.74, 6) is 1.94. The van der Waals surface area contributed by atoms with Crippen LogP contribution in [0.25, 0.3) is 110 Å².